The molecule has 0 saturated carbocycles. The fraction of sp³-hybridized carbons (Fsp3) is 0.400. The second kappa shape index (κ2) is 3.14. The largest absolute Gasteiger partial charge is 0.454 e. The maximum Gasteiger partial charge on any atom is 0.231 e. The molecule has 2 aliphatic heterocycles. The second-order valence-corrected chi connectivity index (χ2v) is 4.44. The summed E-state index contributed by atoms with van der Waals surface area (Å²) in [5.41, 5.74) is 1.31. The van der Waals surface area contributed by atoms with E-state index in [1.807, 2.05) is 6.07 Å². The molecular formula is C10H10BrNO2. The van der Waals surface area contributed by atoms with Crippen molar-refractivity contribution in [2.24, 2.45) is 0 Å². The molecule has 1 N–H and O–H groups in total. The summed E-state index contributed by atoms with van der Waals surface area (Å²) in [7, 11) is 0. The minimum atomic E-state index is 0.341. The van der Waals surface area contributed by atoms with Gasteiger partial charge in [0.2, 0.25) is 6.79 Å². The van der Waals surface area contributed by atoms with Gasteiger partial charge in [-0.1, -0.05) is 15.9 Å². The van der Waals surface area contributed by atoms with E-state index in [1.165, 1.54) is 5.56 Å². The topological polar surface area (TPSA) is 30.5 Å². The molecular weight excluding hydrogens is 246 g/mol. The Morgan fingerprint density at radius 2 is 1.93 bits per heavy atom. The molecule has 1 fully saturated rings. The molecule has 2 aliphatic rings. The number of halogens is 1. The van der Waals surface area contributed by atoms with Gasteiger partial charge in [-0.3, -0.25) is 0 Å². The van der Waals surface area contributed by atoms with Crippen molar-refractivity contribution < 1.29 is 9.47 Å². The van der Waals surface area contributed by atoms with Gasteiger partial charge in [0.05, 0.1) is 0 Å². The lowest BCUT2D eigenvalue weighted by atomic mass is 9.93. The van der Waals surface area contributed by atoms with Crippen molar-refractivity contribution in [1.82, 2.24) is 5.32 Å². The second-order valence-electron chi connectivity index (χ2n) is 3.58. The number of benzene rings is 1. The van der Waals surface area contributed by atoms with Crippen LogP contribution in [0.15, 0.2) is 16.6 Å². The Morgan fingerprint density at radius 1 is 1.21 bits per heavy atom. The van der Waals surface area contributed by atoms with Crippen LogP contribution in [0, 0.1) is 0 Å². The minimum Gasteiger partial charge on any atom is -0.454 e. The summed E-state index contributed by atoms with van der Waals surface area (Å²) in [5.74, 6) is 2.32. The molecule has 1 saturated heterocycles. The highest BCUT2D eigenvalue weighted by Crippen LogP contribution is 2.40. The predicted octanol–water partition coefficient (Wildman–Crippen LogP) is 1.86. The standard InChI is InChI=1S/C10H10BrNO2/c11-8-2-10-9(13-5-14-10)1-7(8)6-3-12-4-6/h1-2,6,12H,3-5H2. The van der Waals surface area contributed by atoms with Gasteiger partial charge in [-0.25, -0.2) is 0 Å². The molecule has 2 heterocycles. The lowest BCUT2D eigenvalue weighted by Crippen LogP contribution is -2.40. The van der Waals surface area contributed by atoms with Crippen LogP contribution in [0.3, 0.4) is 0 Å². The zero-order chi connectivity index (χ0) is 9.54. The SMILES string of the molecule is Brc1cc2c(cc1C1CNC1)OCO2. The predicted molar refractivity (Wildman–Crippen MR) is 55.9 cm³/mol. The van der Waals surface area contributed by atoms with Crippen LogP contribution in [0.4, 0.5) is 0 Å². The number of fused-ring (bicyclic) bond motifs is 1. The van der Waals surface area contributed by atoms with E-state index in [2.05, 4.69) is 27.3 Å². The molecule has 14 heavy (non-hydrogen) atoms. The molecule has 0 spiro atoms. The van der Waals surface area contributed by atoms with Gasteiger partial charge in [0, 0.05) is 23.5 Å². The van der Waals surface area contributed by atoms with Crippen molar-refractivity contribution in [1.29, 1.82) is 0 Å². The minimum absolute atomic E-state index is 0.341. The molecule has 0 aliphatic carbocycles. The van der Waals surface area contributed by atoms with Crippen LogP contribution in [0.25, 0.3) is 0 Å². The first-order valence-corrected chi connectivity index (χ1v) is 5.43. The van der Waals surface area contributed by atoms with E-state index in [4.69, 9.17) is 9.47 Å². The van der Waals surface area contributed by atoms with Gasteiger partial charge in [0.1, 0.15) is 0 Å². The fourth-order valence-corrected chi connectivity index (χ4v) is 2.40. The van der Waals surface area contributed by atoms with E-state index in [1.54, 1.807) is 0 Å². The Morgan fingerprint density at radius 3 is 2.57 bits per heavy atom. The maximum absolute atomic E-state index is 5.35. The third-order valence-electron chi connectivity index (χ3n) is 2.71. The molecule has 74 valence electrons. The quantitative estimate of drug-likeness (QED) is 0.832. The molecule has 0 aromatic heterocycles. The summed E-state index contributed by atoms with van der Waals surface area (Å²) in [4.78, 5) is 0. The third-order valence-corrected chi connectivity index (χ3v) is 3.40. The van der Waals surface area contributed by atoms with Crippen LogP contribution < -0.4 is 14.8 Å². The fourth-order valence-electron chi connectivity index (χ4n) is 1.75. The summed E-state index contributed by atoms with van der Waals surface area (Å²) >= 11 is 3.56. The zero-order valence-electron chi connectivity index (χ0n) is 7.55. The van der Waals surface area contributed by atoms with E-state index in [0.717, 1.165) is 29.1 Å². The lowest BCUT2D eigenvalue weighted by molar-refractivity contribution is 0.174. The summed E-state index contributed by atoms with van der Waals surface area (Å²) in [6.45, 7) is 2.45. The van der Waals surface area contributed by atoms with E-state index < -0.39 is 0 Å². The first-order valence-electron chi connectivity index (χ1n) is 4.64. The van der Waals surface area contributed by atoms with Crippen molar-refractivity contribution in [2.45, 2.75) is 5.92 Å². The molecule has 4 heteroatoms. The number of ether oxygens (including phenoxy) is 2. The zero-order valence-corrected chi connectivity index (χ0v) is 9.13. The highest BCUT2D eigenvalue weighted by molar-refractivity contribution is 9.10. The first kappa shape index (κ1) is 8.56. The average Bonchev–Trinajstić information content (AvgIpc) is 2.48. The molecule has 0 unspecified atom stereocenters. The normalized spacial score (nSPS) is 19.5. The van der Waals surface area contributed by atoms with E-state index in [0.29, 0.717) is 12.7 Å². The molecule has 0 radical (unpaired) electrons. The van der Waals surface area contributed by atoms with Crippen molar-refractivity contribution in [3.05, 3.63) is 22.2 Å². The Labute approximate surface area is 90.5 Å². The maximum atomic E-state index is 5.35. The van der Waals surface area contributed by atoms with Crippen molar-refractivity contribution in [3.8, 4) is 11.5 Å². The molecule has 1 aromatic rings. The molecule has 0 amide bonds. The van der Waals surface area contributed by atoms with Crippen molar-refractivity contribution in [2.75, 3.05) is 19.9 Å². The molecule has 1 aromatic carbocycles. The van der Waals surface area contributed by atoms with E-state index >= 15 is 0 Å². The van der Waals surface area contributed by atoms with Gasteiger partial charge in [-0.05, 0) is 17.7 Å². The van der Waals surface area contributed by atoms with Gasteiger partial charge < -0.3 is 14.8 Å². The van der Waals surface area contributed by atoms with Gasteiger partial charge in [-0.2, -0.15) is 0 Å². The Kier molecular flexibility index (Phi) is 1.92. The van der Waals surface area contributed by atoms with Crippen LogP contribution >= 0.6 is 15.9 Å². The Balaban J connectivity index is 2.03. The van der Waals surface area contributed by atoms with Gasteiger partial charge in [-0.15, -0.1) is 0 Å². The smallest absolute Gasteiger partial charge is 0.231 e. The summed E-state index contributed by atoms with van der Waals surface area (Å²) in [5, 5.41) is 3.26. The Bertz CT molecular complexity index is 377. The number of rotatable bonds is 1. The van der Waals surface area contributed by atoms with Gasteiger partial charge >= 0.3 is 0 Å². The third kappa shape index (κ3) is 1.21. The molecule has 3 nitrogen and oxygen atoms in total. The average molecular weight is 256 g/mol. The van der Waals surface area contributed by atoms with Gasteiger partial charge in [0.25, 0.3) is 0 Å². The number of hydrogen-bond donors (Lipinski definition) is 1. The van der Waals surface area contributed by atoms with Crippen LogP contribution in [-0.4, -0.2) is 19.9 Å². The number of nitrogens with one attached hydrogen (secondary N) is 1. The summed E-state index contributed by atoms with van der Waals surface area (Å²) < 4.78 is 11.8. The van der Waals surface area contributed by atoms with Crippen molar-refractivity contribution in [3.63, 3.8) is 0 Å². The van der Waals surface area contributed by atoms with Crippen molar-refractivity contribution >= 4 is 15.9 Å². The molecule has 3 rings (SSSR count). The monoisotopic (exact) mass is 255 g/mol. The summed E-state index contributed by atoms with van der Waals surface area (Å²) in [6, 6.07) is 4.08. The number of hydrogen-bond acceptors (Lipinski definition) is 3. The van der Waals surface area contributed by atoms with Crippen LogP contribution in [-0.2, 0) is 0 Å². The Hall–Kier alpha value is -0.740. The van der Waals surface area contributed by atoms with Crippen LogP contribution in [0.2, 0.25) is 0 Å². The first-order chi connectivity index (χ1) is 6.84. The van der Waals surface area contributed by atoms with E-state index in [9.17, 15) is 0 Å². The highest BCUT2D eigenvalue weighted by Gasteiger charge is 2.24. The molecule has 0 bridgehead atoms. The highest BCUT2D eigenvalue weighted by atomic mass is 79.9. The van der Waals surface area contributed by atoms with Crippen LogP contribution in [0.1, 0.15) is 11.5 Å². The lowest BCUT2D eigenvalue weighted by Gasteiger charge is -2.28. The van der Waals surface area contributed by atoms with Gasteiger partial charge in [0.15, 0.2) is 11.5 Å². The summed E-state index contributed by atoms with van der Waals surface area (Å²) in [6.07, 6.45) is 0. The molecule has 0 atom stereocenters. The van der Waals surface area contributed by atoms with Crippen LogP contribution in [0.5, 0.6) is 11.5 Å². The van der Waals surface area contributed by atoms with E-state index in [-0.39, 0.29) is 0 Å².